The fourth-order valence-corrected chi connectivity index (χ4v) is 2.94. The van der Waals surface area contributed by atoms with Gasteiger partial charge in [0.25, 0.3) is 0 Å². The van der Waals surface area contributed by atoms with Crippen molar-refractivity contribution >= 4 is 11.4 Å². The van der Waals surface area contributed by atoms with Crippen LogP contribution in [0.3, 0.4) is 0 Å². The molecule has 0 atom stereocenters. The van der Waals surface area contributed by atoms with Crippen molar-refractivity contribution in [3.05, 3.63) is 41.9 Å². The third kappa shape index (κ3) is 3.02. The monoisotopic (exact) mass is 298 g/mol. The van der Waals surface area contributed by atoms with Gasteiger partial charge in [-0.25, -0.2) is 4.85 Å². The summed E-state index contributed by atoms with van der Waals surface area (Å²) in [4.78, 5) is 10.5. The first-order valence-electron chi connectivity index (χ1n) is 7.68. The molecule has 0 saturated carbocycles. The number of anilines is 1. The average Bonchev–Trinajstić information content (AvgIpc) is 2.55. The Morgan fingerprint density at radius 1 is 1.27 bits per heavy atom. The Kier molecular flexibility index (Phi) is 4.21. The summed E-state index contributed by atoms with van der Waals surface area (Å²) in [7, 11) is 2.16. The molecular weight excluding hydrogens is 276 g/mol. The van der Waals surface area contributed by atoms with Crippen LogP contribution in [0.1, 0.15) is 0 Å². The zero-order chi connectivity index (χ0) is 15.5. The van der Waals surface area contributed by atoms with E-state index < -0.39 is 0 Å². The zero-order valence-corrected chi connectivity index (χ0v) is 13.1. The van der Waals surface area contributed by atoms with Crippen LogP contribution in [0.2, 0.25) is 0 Å². The molecule has 1 aromatic carbocycles. The minimum atomic E-state index is 0.652. The summed E-state index contributed by atoms with van der Waals surface area (Å²) in [6.45, 7) is 18.0. The van der Waals surface area contributed by atoms with E-state index in [0.717, 1.165) is 56.4 Å². The van der Waals surface area contributed by atoms with Crippen molar-refractivity contribution in [3.8, 4) is 5.75 Å². The predicted molar refractivity (Wildman–Crippen MR) is 88.6 cm³/mol. The van der Waals surface area contributed by atoms with Gasteiger partial charge >= 0.3 is 0 Å². The van der Waals surface area contributed by atoms with Crippen LogP contribution in [0, 0.1) is 6.57 Å². The van der Waals surface area contributed by atoms with Crippen LogP contribution in [-0.2, 0) is 0 Å². The number of fused-ring (bicyclic) bond motifs is 1. The van der Waals surface area contributed by atoms with Crippen molar-refractivity contribution in [2.24, 2.45) is 0 Å². The normalized spacial score (nSPS) is 18.4. The van der Waals surface area contributed by atoms with Gasteiger partial charge in [0, 0.05) is 31.9 Å². The molecule has 116 valence electrons. The summed E-state index contributed by atoms with van der Waals surface area (Å²) < 4.78 is 5.70. The number of hydrogen-bond donors (Lipinski definition) is 0. The van der Waals surface area contributed by atoms with Gasteiger partial charge < -0.3 is 19.4 Å². The minimum Gasteiger partial charge on any atom is -0.490 e. The van der Waals surface area contributed by atoms with Gasteiger partial charge in [-0.15, -0.1) is 0 Å². The molecule has 2 aliphatic heterocycles. The van der Waals surface area contributed by atoms with Crippen LogP contribution < -0.4 is 9.64 Å². The maximum Gasteiger partial charge on any atom is 0.189 e. The van der Waals surface area contributed by atoms with Crippen LogP contribution in [0.5, 0.6) is 5.75 Å². The molecule has 0 bridgehead atoms. The molecule has 5 nitrogen and oxygen atoms in total. The number of likely N-dealkylation sites (N-methyl/N-ethyl adjacent to an activating group) is 1. The quantitative estimate of drug-likeness (QED) is 0.798. The lowest BCUT2D eigenvalue weighted by atomic mass is 10.2. The number of ether oxygens (including phenoxy) is 1. The first-order valence-corrected chi connectivity index (χ1v) is 7.68. The second kappa shape index (κ2) is 6.29. The SMILES string of the molecule is [C-]#[N+]c1ccc2c(c1)N(CC(=C)N1CCN(C)CC1)CCO2. The number of nitrogens with zero attached hydrogens (tertiary/aromatic N) is 4. The van der Waals surface area contributed by atoms with Crippen LogP contribution in [0.25, 0.3) is 4.85 Å². The summed E-state index contributed by atoms with van der Waals surface area (Å²) in [6.07, 6.45) is 0. The first-order chi connectivity index (χ1) is 10.7. The molecular formula is C17H22N4O. The summed E-state index contributed by atoms with van der Waals surface area (Å²) in [5.74, 6) is 0.866. The van der Waals surface area contributed by atoms with E-state index in [1.165, 1.54) is 0 Å². The van der Waals surface area contributed by atoms with E-state index in [1.807, 2.05) is 18.2 Å². The standard InChI is InChI=1S/C17H22N4O/c1-14(20-8-6-19(3)7-9-20)13-21-10-11-22-17-5-4-15(18-2)12-16(17)21/h4-5,12H,1,6-11,13H2,3H3. The molecule has 0 amide bonds. The molecule has 1 aromatic rings. The molecule has 2 aliphatic rings. The lowest BCUT2D eigenvalue weighted by Crippen LogP contribution is -2.46. The van der Waals surface area contributed by atoms with E-state index in [0.29, 0.717) is 12.3 Å². The summed E-state index contributed by atoms with van der Waals surface area (Å²) in [5.41, 5.74) is 2.81. The van der Waals surface area contributed by atoms with Crippen molar-refractivity contribution in [1.82, 2.24) is 9.80 Å². The third-order valence-corrected chi connectivity index (χ3v) is 4.35. The maximum absolute atomic E-state index is 7.18. The fourth-order valence-electron chi connectivity index (χ4n) is 2.94. The van der Waals surface area contributed by atoms with E-state index in [4.69, 9.17) is 11.3 Å². The second-order valence-corrected chi connectivity index (χ2v) is 5.89. The van der Waals surface area contributed by atoms with E-state index in [1.54, 1.807) is 0 Å². The van der Waals surface area contributed by atoms with Crippen LogP contribution >= 0.6 is 0 Å². The molecule has 1 fully saturated rings. The lowest BCUT2D eigenvalue weighted by molar-refractivity contribution is 0.184. The molecule has 22 heavy (non-hydrogen) atoms. The van der Waals surface area contributed by atoms with Gasteiger partial charge in [-0.2, -0.15) is 0 Å². The lowest BCUT2D eigenvalue weighted by Gasteiger charge is -2.38. The van der Waals surface area contributed by atoms with Crippen molar-refractivity contribution in [2.75, 3.05) is 57.8 Å². The second-order valence-electron chi connectivity index (χ2n) is 5.89. The average molecular weight is 298 g/mol. The fraction of sp³-hybridized carbons (Fsp3) is 0.471. The Bertz CT molecular complexity index is 599. The molecule has 2 heterocycles. The Morgan fingerprint density at radius 2 is 2.05 bits per heavy atom. The molecule has 0 aliphatic carbocycles. The highest BCUT2D eigenvalue weighted by molar-refractivity contribution is 5.68. The van der Waals surface area contributed by atoms with E-state index in [9.17, 15) is 0 Å². The van der Waals surface area contributed by atoms with Crippen molar-refractivity contribution < 1.29 is 4.74 Å². The molecule has 3 rings (SSSR count). The third-order valence-electron chi connectivity index (χ3n) is 4.35. The van der Waals surface area contributed by atoms with Crippen LogP contribution in [0.4, 0.5) is 11.4 Å². The smallest absolute Gasteiger partial charge is 0.189 e. The van der Waals surface area contributed by atoms with Crippen LogP contribution in [-0.4, -0.2) is 62.7 Å². The number of hydrogen-bond acceptors (Lipinski definition) is 4. The van der Waals surface area contributed by atoms with Gasteiger partial charge in [0.1, 0.15) is 12.4 Å². The molecule has 0 radical (unpaired) electrons. The highest BCUT2D eigenvalue weighted by atomic mass is 16.5. The van der Waals surface area contributed by atoms with Gasteiger partial charge in [-0.3, -0.25) is 0 Å². The van der Waals surface area contributed by atoms with Crippen molar-refractivity contribution in [3.63, 3.8) is 0 Å². The van der Waals surface area contributed by atoms with Crippen LogP contribution in [0.15, 0.2) is 30.5 Å². The van der Waals surface area contributed by atoms with E-state index in [2.05, 4.69) is 33.2 Å². The Balaban J connectivity index is 1.71. The number of benzene rings is 1. The molecule has 0 spiro atoms. The van der Waals surface area contributed by atoms with Crippen molar-refractivity contribution in [1.29, 1.82) is 0 Å². The minimum absolute atomic E-state index is 0.652. The van der Waals surface area contributed by atoms with Gasteiger partial charge in [0.15, 0.2) is 5.69 Å². The topological polar surface area (TPSA) is 23.3 Å². The molecule has 5 heteroatoms. The Hall–Kier alpha value is -2.19. The van der Waals surface area contributed by atoms with Gasteiger partial charge in [0.05, 0.1) is 25.3 Å². The zero-order valence-electron chi connectivity index (χ0n) is 13.1. The summed E-state index contributed by atoms with van der Waals surface area (Å²) in [6, 6.07) is 5.62. The Labute approximate surface area is 132 Å². The molecule has 0 N–H and O–H groups in total. The van der Waals surface area contributed by atoms with Gasteiger partial charge in [-0.05, 0) is 19.2 Å². The van der Waals surface area contributed by atoms with E-state index >= 15 is 0 Å². The first kappa shape index (κ1) is 14.7. The maximum atomic E-state index is 7.18. The largest absolute Gasteiger partial charge is 0.490 e. The molecule has 1 saturated heterocycles. The van der Waals surface area contributed by atoms with E-state index in [-0.39, 0.29) is 0 Å². The molecule has 0 unspecified atom stereocenters. The summed E-state index contributed by atoms with van der Waals surface area (Å²) in [5, 5.41) is 0. The highest BCUT2D eigenvalue weighted by Crippen LogP contribution is 2.35. The summed E-state index contributed by atoms with van der Waals surface area (Å²) >= 11 is 0. The number of piperazine rings is 1. The number of rotatable bonds is 3. The molecule has 0 aromatic heterocycles. The van der Waals surface area contributed by atoms with Crippen molar-refractivity contribution in [2.45, 2.75) is 0 Å². The Morgan fingerprint density at radius 3 is 2.77 bits per heavy atom. The van der Waals surface area contributed by atoms with Gasteiger partial charge in [0.2, 0.25) is 0 Å². The van der Waals surface area contributed by atoms with Gasteiger partial charge in [-0.1, -0.05) is 12.6 Å². The predicted octanol–water partition coefficient (Wildman–Crippen LogP) is 2.20. The highest BCUT2D eigenvalue weighted by Gasteiger charge is 2.22.